The highest BCUT2D eigenvalue weighted by atomic mass is 32.2. The molecule has 0 aliphatic carbocycles. The third kappa shape index (κ3) is 6.27. The maximum absolute atomic E-state index is 13.1. The smallest absolute Gasteiger partial charge is 0.348 e. The molecule has 1 amide bonds. The second kappa shape index (κ2) is 12.1. The van der Waals surface area contributed by atoms with E-state index in [0.29, 0.717) is 40.1 Å². The van der Waals surface area contributed by atoms with Gasteiger partial charge in [0, 0.05) is 18.7 Å². The monoisotopic (exact) mass is 537 g/mol. The summed E-state index contributed by atoms with van der Waals surface area (Å²) in [5.74, 6) is -0.753. The van der Waals surface area contributed by atoms with Crippen molar-refractivity contribution in [3.8, 4) is 0 Å². The van der Waals surface area contributed by atoms with Crippen molar-refractivity contribution >= 4 is 59.2 Å². The minimum absolute atomic E-state index is 0.179. The molecule has 3 rings (SSSR count). The van der Waals surface area contributed by atoms with Crippen molar-refractivity contribution in [3.05, 3.63) is 40.3 Å². The molecule has 3 aromatic rings. The van der Waals surface area contributed by atoms with Crippen molar-refractivity contribution in [2.75, 3.05) is 25.0 Å². The Morgan fingerprint density at radius 3 is 2.20 bits per heavy atom. The van der Waals surface area contributed by atoms with E-state index in [-0.39, 0.29) is 16.8 Å². The molecule has 0 fully saturated rings. The summed E-state index contributed by atoms with van der Waals surface area (Å²) in [5.41, 5.74) is 1.12. The van der Waals surface area contributed by atoms with Crippen LogP contribution in [-0.4, -0.2) is 49.3 Å². The molecule has 1 aromatic carbocycles. The molecule has 190 valence electrons. The number of hydrogen-bond acceptors (Lipinski definition) is 8. The Balaban J connectivity index is 1.74. The number of amides is 1. The second-order valence-corrected chi connectivity index (χ2v) is 12.0. The number of aromatic nitrogens is 1. The molecule has 0 saturated heterocycles. The molecule has 8 nitrogen and oxygen atoms in total. The lowest BCUT2D eigenvalue weighted by Crippen LogP contribution is -2.33. The van der Waals surface area contributed by atoms with E-state index in [9.17, 15) is 18.0 Å². The van der Waals surface area contributed by atoms with Crippen LogP contribution in [0.1, 0.15) is 72.0 Å². The number of benzene rings is 1. The van der Waals surface area contributed by atoms with Crippen molar-refractivity contribution in [2.24, 2.45) is 0 Å². The number of nitrogens with one attached hydrogen (secondary N) is 1. The average Bonchev–Trinajstić information content (AvgIpc) is 3.37. The lowest BCUT2D eigenvalue weighted by Gasteiger charge is -2.22. The molecule has 0 unspecified atom stereocenters. The zero-order valence-electron chi connectivity index (χ0n) is 20.4. The van der Waals surface area contributed by atoms with Gasteiger partial charge in [-0.05, 0) is 56.5 Å². The van der Waals surface area contributed by atoms with Crippen LogP contribution in [0.15, 0.2) is 29.2 Å². The molecular formula is C24H31N3O5S3. The largest absolute Gasteiger partial charge is 0.462 e. The molecule has 0 saturated carbocycles. The first-order chi connectivity index (χ1) is 16.7. The number of nitrogens with zero attached hydrogens (tertiary/aromatic N) is 2. The van der Waals surface area contributed by atoms with E-state index in [1.165, 1.54) is 51.2 Å². The molecule has 0 aliphatic rings. The fraction of sp³-hybridized carbons (Fsp3) is 0.458. The number of fused-ring (bicyclic) bond motifs is 1. The molecule has 0 spiro atoms. The highest BCUT2D eigenvalue weighted by molar-refractivity contribution is 7.89. The fourth-order valence-corrected chi connectivity index (χ4v) is 7.18. The summed E-state index contributed by atoms with van der Waals surface area (Å²) >= 11 is 2.52. The van der Waals surface area contributed by atoms with Crippen molar-refractivity contribution in [2.45, 2.75) is 58.3 Å². The van der Waals surface area contributed by atoms with Gasteiger partial charge in [-0.1, -0.05) is 38.0 Å². The number of rotatable bonds is 12. The molecule has 0 aliphatic heterocycles. The van der Waals surface area contributed by atoms with Gasteiger partial charge in [-0.2, -0.15) is 4.31 Å². The van der Waals surface area contributed by atoms with E-state index in [1.54, 1.807) is 6.92 Å². The molecule has 2 heterocycles. The number of carbonyl (C=O) groups excluding carboxylic acids is 2. The molecule has 2 aromatic heterocycles. The van der Waals surface area contributed by atoms with Gasteiger partial charge in [0.05, 0.1) is 16.2 Å². The van der Waals surface area contributed by atoms with E-state index in [1.807, 2.05) is 20.8 Å². The zero-order valence-corrected chi connectivity index (χ0v) is 22.9. The lowest BCUT2D eigenvalue weighted by molar-refractivity contribution is 0.0531. The van der Waals surface area contributed by atoms with E-state index in [2.05, 4.69) is 10.3 Å². The van der Waals surface area contributed by atoms with Gasteiger partial charge in [-0.3, -0.25) is 10.1 Å². The quantitative estimate of drug-likeness (QED) is 0.298. The molecule has 0 bridgehead atoms. The SMILES string of the molecule is CCCCN(CCCC)S(=O)(=O)c1ccc(C(=O)Nc2nc3sc(C(=O)OCC)c(C)c3s2)cc1. The Bertz CT molecular complexity index is 1270. The van der Waals surface area contributed by atoms with Gasteiger partial charge in [-0.15, -0.1) is 11.3 Å². The number of thiophene rings is 1. The number of aryl methyl sites for hydroxylation is 1. The van der Waals surface area contributed by atoms with Gasteiger partial charge >= 0.3 is 5.97 Å². The number of hydrogen-bond donors (Lipinski definition) is 1. The summed E-state index contributed by atoms with van der Waals surface area (Å²) in [6.45, 7) is 8.92. The molecule has 0 radical (unpaired) electrons. The normalized spacial score (nSPS) is 11.8. The second-order valence-electron chi connectivity index (χ2n) is 8.02. The number of ether oxygens (including phenoxy) is 1. The van der Waals surface area contributed by atoms with Gasteiger partial charge in [-0.25, -0.2) is 18.2 Å². The van der Waals surface area contributed by atoms with Crippen LogP contribution in [0, 0.1) is 6.92 Å². The predicted octanol–water partition coefficient (Wildman–Crippen LogP) is 5.69. The summed E-state index contributed by atoms with van der Waals surface area (Å²) in [4.78, 5) is 30.6. The Kier molecular flexibility index (Phi) is 9.40. The van der Waals surface area contributed by atoms with E-state index in [4.69, 9.17) is 4.74 Å². The highest BCUT2D eigenvalue weighted by Crippen LogP contribution is 2.37. The van der Waals surface area contributed by atoms with Crippen LogP contribution < -0.4 is 5.32 Å². The van der Waals surface area contributed by atoms with Crippen LogP contribution in [0.5, 0.6) is 0 Å². The van der Waals surface area contributed by atoms with Gasteiger partial charge in [0.15, 0.2) is 5.13 Å². The summed E-state index contributed by atoms with van der Waals surface area (Å²) in [5, 5.41) is 3.18. The van der Waals surface area contributed by atoms with Crippen molar-refractivity contribution < 1.29 is 22.7 Å². The fourth-order valence-electron chi connectivity index (χ4n) is 3.45. The van der Waals surface area contributed by atoms with Crippen molar-refractivity contribution in [3.63, 3.8) is 0 Å². The molecule has 35 heavy (non-hydrogen) atoms. The zero-order chi connectivity index (χ0) is 25.6. The van der Waals surface area contributed by atoms with Gasteiger partial charge in [0.1, 0.15) is 9.71 Å². The third-order valence-electron chi connectivity index (χ3n) is 5.43. The van der Waals surface area contributed by atoms with Gasteiger partial charge < -0.3 is 4.74 Å². The Hall–Kier alpha value is -2.34. The van der Waals surface area contributed by atoms with Gasteiger partial charge in [0.25, 0.3) is 5.91 Å². The maximum Gasteiger partial charge on any atom is 0.348 e. The number of esters is 1. The molecule has 11 heteroatoms. The average molecular weight is 538 g/mol. The summed E-state index contributed by atoms with van der Waals surface area (Å²) < 4.78 is 33.7. The van der Waals surface area contributed by atoms with Gasteiger partial charge in [0.2, 0.25) is 10.0 Å². The number of anilines is 1. The molecule has 1 N–H and O–H groups in total. The molecular weight excluding hydrogens is 506 g/mol. The van der Waals surface area contributed by atoms with Crippen LogP contribution in [0.25, 0.3) is 9.53 Å². The van der Waals surface area contributed by atoms with E-state index in [0.717, 1.165) is 35.9 Å². The van der Waals surface area contributed by atoms with Crippen LogP contribution >= 0.6 is 22.7 Å². The summed E-state index contributed by atoms with van der Waals surface area (Å²) in [7, 11) is -3.62. The first-order valence-electron chi connectivity index (χ1n) is 11.7. The summed E-state index contributed by atoms with van der Waals surface area (Å²) in [6.07, 6.45) is 3.43. The third-order valence-corrected chi connectivity index (χ3v) is 9.73. The van der Waals surface area contributed by atoms with Crippen LogP contribution in [0.4, 0.5) is 5.13 Å². The number of unbranched alkanes of at least 4 members (excludes halogenated alkanes) is 2. The minimum Gasteiger partial charge on any atom is -0.462 e. The predicted molar refractivity (Wildman–Crippen MR) is 141 cm³/mol. The van der Waals surface area contributed by atoms with Crippen molar-refractivity contribution in [1.82, 2.24) is 9.29 Å². The first-order valence-corrected chi connectivity index (χ1v) is 14.8. The Morgan fingerprint density at radius 2 is 1.66 bits per heavy atom. The highest BCUT2D eigenvalue weighted by Gasteiger charge is 2.24. The van der Waals surface area contributed by atoms with E-state index >= 15 is 0 Å². The summed E-state index contributed by atoms with van der Waals surface area (Å²) in [6, 6.07) is 5.98. The topological polar surface area (TPSA) is 106 Å². The van der Waals surface area contributed by atoms with Crippen molar-refractivity contribution in [1.29, 1.82) is 0 Å². The minimum atomic E-state index is -3.62. The molecule has 0 atom stereocenters. The number of carbonyl (C=O) groups is 2. The lowest BCUT2D eigenvalue weighted by atomic mass is 10.2. The van der Waals surface area contributed by atoms with E-state index < -0.39 is 10.0 Å². The standard InChI is InChI=1S/C24H31N3O5S3/c1-5-8-14-27(15-9-6-2)35(30,31)18-12-10-17(11-13-18)21(28)25-24-26-22-19(34-24)16(4)20(33-22)23(29)32-7-3/h10-13H,5-9,14-15H2,1-4H3,(H,25,26,28). The first kappa shape index (κ1) is 27.3. The number of sulfonamides is 1. The number of thiazole rings is 1. The van der Waals surface area contributed by atoms with Crippen LogP contribution in [0.2, 0.25) is 0 Å². The van der Waals surface area contributed by atoms with Crippen LogP contribution in [0.3, 0.4) is 0 Å². The Labute approximate surface area is 214 Å². The Morgan fingerprint density at radius 1 is 1.03 bits per heavy atom. The van der Waals surface area contributed by atoms with Crippen LogP contribution in [-0.2, 0) is 14.8 Å². The maximum atomic E-state index is 13.1.